The monoisotopic (exact) mass is 280 g/mol. The first-order chi connectivity index (χ1) is 8.70. The first-order valence-electron chi connectivity index (χ1n) is 5.65. The Morgan fingerprint density at radius 2 is 1.78 bits per heavy atom. The number of nitrogens with one attached hydrogen (secondary N) is 1. The van der Waals surface area contributed by atoms with Crippen LogP contribution in [0.1, 0.15) is 17.2 Å². The van der Waals surface area contributed by atoms with E-state index < -0.39 is 0 Å². The lowest BCUT2D eigenvalue weighted by Crippen LogP contribution is -2.29. The molecule has 0 aromatic heterocycles. The van der Waals surface area contributed by atoms with Gasteiger partial charge in [0.05, 0.1) is 6.04 Å². The molecule has 0 heterocycles. The van der Waals surface area contributed by atoms with E-state index in [1.54, 1.807) is 12.1 Å². The van der Waals surface area contributed by atoms with Crippen LogP contribution < -0.4 is 11.3 Å². The van der Waals surface area contributed by atoms with E-state index in [0.717, 1.165) is 11.1 Å². The second-order valence-corrected chi connectivity index (χ2v) is 4.91. The SMILES string of the molecule is NNC(Cc1cc(Cl)ccc1Cl)c1ccccc1. The van der Waals surface area contributed by atoms with Gasteiger partial charge < -0.3 is 0 Å². The first kappa shape index (κ1) is 13.4. The molecule has 0 amide bonds. The van der Waals surface area contributed by atoms with Crippen LogP contribution in [-0.4, -0.2) is 0 Å². The Labute approximate surface area is 117 Å². The second-order valence-electron chi connectivity index (χ2n) is 4.07. The van der Waals surface area contributed by atoms with Gasteiger partial charge in [-0.15, -0.1) is 0 Å². The molecule has 0 aliphatic carbocycles. The largest absolute Gasteiger partial charge is 0.271 e. The van der Waals surface area contributed by atoms with E-state index in [0.29, 0.717) is 16.5 Å². The Hall–Kier alpha value is -1.06. The summed E-state index contributed by atoms with van der Waals surface area (Å²) in [5.74, 6) is 5.61. The van der Waals surface area contributed by atoms with Gasteiger partial charge in [0, 0.05) is 10.0 Å². The lowest BCUT2D eigenvalue weighted by Gasteiger charge is -2.17. The van der Waals surface area contributed by atoms with Gasteiger partial charge in [0.25, 0.3) is 0 Å². The van der Waals surface area contributed by atoms with Gasteiger partial charge in [-0.1, -0.05) is 53.5 Å². The third-order valence-corrected chi connectivity index (χ3v) is 3.44. The highest BCUT2D eigenvalue weighted by atomic mass is 35.5. The number of hydrogen-bond acceptors (Lipinski definition) is 2. The van der Waals surface area contributed by atoms with Crippen LogP contribution >= 0.6 is 23.2 Å². The summed E-state index contributed by atoms with van der Waals surface area (Å²) in [6.07, 6.45) is 0.694. The van der Waals surface area contributed by atoms with Gasteiger partial charge in [-0.3, -0.25) is 11.3 Å². The molecule has 2 nitrogen and oxygen atoms in total. The fourth-order valence-corrected chi connectivity index (χ4v) is 2.27. The topological polar surface area (TPSA) is 38.0 Å². The fourth-order valence-electron chi connectivity index (χ4n) is 1.88. The molecule has 3 N–H and O–H groups in total. The molecule has 0 saturated heterocycles. The normalized spacial score (nSPS) is 12.4. The lowest BCUT2D eigenvalue weighted by atomic mass is 9.99. The maximum absolute atomic E-state index is 6.16. The summed E-state index contributed by atoms with van der Waals surface area (Å²) >= 11 is 12.1. The molecule has 2 aromatic carbocycles. The zero-order valence-electron chi connectivity index (χ0n) is 9.74. The van der Waals surface area contributed by atoms with Crippen LogP contribution in [0.3, 0.4) is 0 Å². The van der Waals surface area contributed by atoms with E-state index in [1.165, 1.54) is 0 Å². The molecule has 0 spiro atoms. The molecule has 0 radical (unpaired) electrons. The maximum atomic E-state index is 6.16. The quantitative estimate of drug-likeness (QED) is 0.661. The minimum atomic E-state index is 0.0159. The number of nitrogens with two attached hydrogens (primary N) is 1. The van der Waals surface area contributed by atoms with Gasteiger partial charge in [0.1, 0.15) is 0 Å². The van der Waals surface area contributed by atoms with Crippen molar-refractivity contribution in [1.29, 1.82) is 0 Å². The van der Waals surface area contributed by atoms with Gasteiger partial charge >= 0.3 is 0 Å². The molecule has 18 heavy (non-hydrogen) atoms. The van der Waals surface area contributed by atoms with Crippen molar-refractivity contribution in [1.82, 2.24) is 5.43 Å². The van der Waals surface area contributed by atoms with E-state index >= 15 is 0 Å². The van der Waals surface area contributed by atoms with E-state index in [2.05, 4.69) is 5.43 Å². The Morgan fingerprint density at radius 1 is 1.06 bits per heavy atom. The van der Waals surface area contributed by atoms with Crippen molar-refractivity contribution in [3.05, 3.63) is 69.7 Å². The second kappa shape index (κ2) is 6.21. The molecule has 94 valence electrons. The average Bonchev–Trinajstić information content (AvgIpc) is 2.41. The highest BCUT2D eigenvalue weighted by Crippen LogP contribution is 2.25. The number of halogens is 2. The number of benzene rings is 2. The summed E-state index contributed by atoms with van der Waals surface area (Å²) in [6.45, 7) is 0. The summed E-state index contributed by atoms with van der Waals surface area (Å²) in [4.78, 5) is 0. The van der Waals surface area contributed by atoms with Crippen molar-refractivity contribution in [2.24, 2.45) is 5.84 Å². The predicted molar refractivity (Wildman–Crippen MR) is 76.7 cm³/mol. The maximum Gasteiger partial charge on any atom is 0.0500 e. The Kier molecular flexibility index (Phi) is 4.61. The van der Waals surface area contributed by atoms with Crippen LogP contribution in [0, 0.1) is 0 Å². The van der Waals surface area contributed by atoms with Crippen molar-refractivity contribution in [3.8, 4) is 0 Å². The molecule has 0 aliphatic heterocycles. The number of hydrazine groups is 1. The summed E-state index contributed by atoms with van der Waals surface area (Å²) in [5.41, 5.74) is 4.92. The molecule has 0 saturated carbocycles. The summed E-state index contributed by atoms with van der Waals surface area (Å²) in [7, 11) is 0. The molecule has 0 fully saturated rings. The van der Waals surface area contributed by atoms with Crippen molar-refractivity contribution in [2.75, 3.05) is 0 Å². The standard InChI is InChI=1S/C14H14Cl2N2/c15-12-6-7-13(16)11(8-12)9-14(18-17)10-4-2-1-3-5-10/h1-8,14,18H,9,17H2. The van der Waals surface area contributed by atoms with Gasteiger partial charge in [-0.25, -0.2) is 0 Å². The lowest BCUT2D eigenvalue weighted by molar-refractivity contribution is 0.552. The molecule has 4 heteroatoms. The molecule has 1 unspecified atom stereocenters. The third-order valence-electron chi connectivity index (χ3n) is 2.83. The van der Waals surface area contributed by atoms with Gasteiger partial charge in [-0.05, 0) is 35.7 Å². The van der Waals surface area contributed by atoms with Gasteiger partial charge in [0.15, 0.2) is 0 Å². The van der Waals surface area contributed by atoms with Crippen LogP contribution in [0.2, 0.25) is 10.0 Å². The zero-order valence-corrected chi connectivity index (χ0v) is 11.2. The Balaban J connectivity index is 2.23. The highest BCUT2D eigenvalue weighted by molar-refractivity contribution is 6.33. The summed E-state index contributed by atoms with van der Waals surface area (Å²) < 4.78 is 0. The van der Waals surface area contributed by atoms with Crippen LogP contribution in [0.5, 0.6) is 0 Å². The van der Waals surface area contributed by atoms with Crippen molar-refractivity contribution in [3.63, 3.8) is 0 Å². The molecule has 2 rings (SSSR count). The Morgan fingerprint density at radius 3 is 2.44 bits per heavy atom. The summed E-state index contributed by atoms with van der Waals surface area (Å²) in [5, 5.41) is 1.38. The third kappa shape index (κ3) is 3.24. The van der Waals surface area contributed by atoms with E-state index in [9.17, 15) is 0 Å². The molecule has 2 aromatic rings. The van der Waals surface area contributed by atoms with Crippen LogP contribution in [0.25, 0.3) is 0 Å². The van der Waals surface area contributed by atoms with Crippen LogP contribution in [0.4, 0.5) is 0 Å². The number of rotatable bonds is 4. The van der Waals surface area contributed by atoms with Crippen LogP contribution in [-0.2, 0) is 6.42 Å². The molecule has 0 bridgehead atoms. The van der Waals surface area contributed by atoms with Crippen molar-refractivity contribution in [2.45, 2.75) is 12.5 Å². The minimum absolute atomic E-state index is 0.0159. The van der Waals surface area contributed by atoms with Crippen LogP contribution in [0.15, 0.2) is 48.5 Å². The smallest absolute Gasteiger partial charge is 0.0500 e. The molecule has 1 atom stereocenters. The van der Waals surface area contributed by atoms with E-state index in [-0.39, 0.29) is 6.04 Å². The molecular weight excluding hydrogens is 267 g/mol. The Bertz CT molecular complexity index is 514. The van der Waals surface area contributed by atoms with Crippen molar-refractivity contribution >= 4 is 23.2 Å². The van der Waals surface area contributed by atoms with Gasteiger partial charge in [-0.2, -0.15) is 0 Å². The van der Waals surface area contributed by atoms with Crippen molar-refractivity contribution < 1.29 is 0 Å². The zero-order chi connectivity index (χ0) is 13.0. The highest BCUT2D eigenvalue weighted by Gasteiger charge is 2.12. The first-order valence-corrected chi connectivity index (χ1v) is 6.41. The van der Waals surface area contributed by atoms with Gasteiger partial charge in [0.2, 0.25) is 0 Å². The molecular formula is C14H14Cl2N2. The fraction of sp³-hybridized carbons (Fsp3) is 0.143. The number of hydrogen-bond donors (Lipinski definition) is 2. The van der Waals surface area contributed by atoms with E-state index in [4.69, 9.17) is 29.0 Å². The van der Waals surface area contributed by atoms with E-state index in [1.807, 2.05) is 36.4 Å². The minimum Gasteiger partial charge on any atom is -0.271 e. The molecule has 0 aliphatic rings. The average molecular weight is 281 g/mol. The predicted octanol–water partition coefficient (Wildman–Crippen LogP) is 3.74. The summed E-state index contributed by atoms with van der Waals surface area (Å²) in [6, 6.07) is 15.5.